The number of unbranched alkanes of at least 4 members (excludes halogenated alkanes) is 3. The highest BCUT2D eigenvalue weighted by Crippen LogP contribution is 2.53. The standard InChI is InChI=1S/C89H122N12O19S3/c1-57(2)50-67(99-80(109)68(51-59-28-15-14-16-29-59)98-76(106)56-95-83(113)88(10,11)89(12,87(8,9)82(112)94-52-58(3)102)84(114)96-54-74(104)92-53-73(103)90-13)79(108)93-55-75(105)97-66(81(110)111)34-21-22-45-91-78(107)62-37-41-63(42-38-62)121-77-60(39-43-71-85(4,5)64-32-17-19-35-69(64)100(71)46-23-25-48-122(115,116)117)30-27-31-61(77)40-44-72-86(6,7)65-33-18-20-36-70(65)101(72)47-24-26-49-123(118,119)120/h14-20,28-29,32-33,35-44,57-58,66-68,102H,21-27,30-31,34,45-56H2,1-13H3,(H12-,90,91,92,93,94,95,96,97,98,99,103,104,105,106,107,108,109,110,111,112,113,114,115,116,117,118,119,120)/p-1. The summed E-state index contributed by atoms with van der Waals surface area (Å²) in [4.78, 5) is 153. The molecule has 670 valence electrons. The van der Waals surface area contributed by atoms with Crippen molar-refractivity contribution in [2.45, 2.75) is 200 Å². The second-order valence-electron chi connectivity index (χ2n) is 34.0. The van der Waals surface area contributed by atoms with Gasteiger partial charge in [0.25, 0.3) is 5.91 Å². The number of amides is 10. The molecular formula is C89H121N12O19S3-. The first-order chi connectivity index (χ1) is 57.7. The van der Waals surface area contributed by atoms with Crippen LogP contribution in [0.3, 0.4) is 0 Å². The van der Waals surface area contributed by atoms with Gasteiger partial charge in [0.2, 0.25) is 58.9 Å². The number of fused-ring (bicyclic) bond motifs is 2. The fraction of sp³-hybridized carbons (Fsp3) is 0.506. The molecular weight excluding hydrogens is 1640 g/mol. The van der Waals surface area contributed by atoms with E-state index >= 15 is 0 Å². The molecule has 5 atom stereocenters. The van der Waals surface area contributed by atoms with E-state index in [2.05, 4.69) is 127 Å². The number of carboxylic acid groups (broad SMARTS) is 1. The number of para-hydroxylation sites is 2. The van der Waals surface area contributed by atoms with Gasteiger partial charge in [0.1, 0.15) is 24.7 Å². The quantitative estimate of drug-likeness (QED) is 0.0126. The number of hydrogen-bond acceptors (Lipinski definition) is 20. The summed E-state index contributed by atoms with van der Waals surface area (Å²) in [6.07, 6.45) is 11.7. The van der Waals surface area contributed by atoms with E-state index in [4.69, 9.17) is 0 Å². The second kappa shape index (κ2) is 44.3. The average Bonchev–Trinajstić information content (AvgIpc) is 1.51. The third-order valence-corrected chi connectivity index (χ3v) is 25.9. The monoisotopic (exact) mass is 1760 g/mol. The molecule has 12 N–H and O–H groups in total. The fourth-order valence-electron chi connectivity index (χ4n) is 15.5. The van der Waals surface area contributed by atoms with Crippen LogP contribution in [-0.2, 0) is 85.4 Å². The van der Waals surface area contributed by atoms with Crippen LogP contribution in [0.4, 0.5) is 11.4 Å². The number of benzene rings is 4. The summed E-state index contributed by atoms with van der Waals surface area (Å²) < 4.78 is 71.9. The first-order valence-corrected chi connectivity index (χ1v) is 45.5. The van der Waals surface area contributed by atoms with Gasteiger partial charge in [0.05, 0.1) is 74.2 Å². The van der Waals surface area contributed by atoms with E-state index in [9.17, 15) is 88.9 Å². The van der Waals surface area contributed by atoms with Crippen LogP contribution in [-0.4, -0.2) is 207 Å². The van der Waals surface area contributed by atoms with Crippen molar-refractivity contribution in [3.8, 4) is 0 Å². The van der Waals surface area contributed by atoms with Crippen molar-refractivity contribution >= 4 is 114 Å². The number of anilines is 1. The van der Waals surface area contributed by atoms with Crippen LogP contribution in [0.25, 0.3) is 0 Å². The maximum atomic E-state index is 14.4. The summed E-state index contributed by atoms with van der Waals surface area (Å²) in [5.41, 5.74) is 2.72. The minimum atomic E-state index is -4.40. The number of hydrogen-bond donors (Lipinski definition) is 12. The van der Waals surface area contributed by atoms with Crippen LogP contribution in [0.1, 0.15) is 181 Å². The molecule has 3 aliphatic rings. The maximum absolute atomic E-state index is 14.4. The number of nitrogens with one attached hydrogen (secondary N) is 10. The molecule has 4 aromatic rings. The molecule has 31 nitrogen and oxygen atoms in total. The smallest absolute Gasteiger partial charge is 0.326 e. The van der Waals surface area contributed by atoms with Crippen LogP contribution >= 0.6 is 11.8 Å². The van der Waals surface area contributed by atoms with Gasteiger partial charge >= 0.3 is 5.97 Å². The zero-order chi connectivity index (χ0) is 91.0. The summed E-state index contributed by atoms with van der Waals surface area (Å²) in [7, 11) is -7.43. The third-order valence-electron chi connectivity index (χ3n) is 23.1. The van der Waals surface area contributed by atoms with Gasteiger partial charge in [0.15, 0.2) is 5.71 Å². The molecule has 34 heteroatoms. The predicted octanol–water partition coefficient (Wildman–Crippen LogP) is 6.60. The first kappa shape index (κ1) is 99.7. The number of allylic oxidation sites excluding steroid dienone is 7. The molecule has 7 rings (SSSR count). The number of carbonyl (C=O) groups is 11. The van der Waals surface area contributed by atoms with E-state index in [0.29, 0.717) is 43.5 Å². The van der Waals surface area contributed by atoms with Gasteiger partial charge in [-0.05, 0) is 184 Å². The molecule has 2 aliphatic heterocycles. The summed E-state index contributed by atoms with van der Waals surface area (Å²) >= 11 is 1.56. The summed E-state index contributed by atoms with van der Waals surface area (Å²) in [5.74, 6) is -10.1. The molecule has 0 radical (unpaired) electrons. The lowest BCUT2D eigenvalue weighted by atomic mass is 9.52. The Morgan fingerprint density at radius 2 is 1.16 bits per heavy atom. The van der Waals surface area contributed by atoms with E-state index in [-0.39, 0.29) is 63.4 Å². The minimum Gasteiger partial charge on any atom is -0.748 e. The highest BCUT2D eigenvalue weighted by atomic mass is 32.2. The average molecular weight is 1760 g/mol. The van der Waals surface area contributed by atoms with Crippen molar-refractivity contribution in [2.75, 3.05) is 75.8 Å². The number of carbonyl (C=O) groups excluding carboxylic acids is 10. The van der Waals surface area contributed by atoms with Crippen molar-refractivity contribution in [3.05, 3.63) is 171 Å². The lowest BCUT2D eigenvalue weighted by Gasteiger charge is -2.50. The number of rotatable bonds is 46. The zero-order valence-corrected chi connectivity index (χ0v) is 75.0. The molecule has 1 aliphatic carbocycles. The fourth-order valence-corrected chi connectivity index (χ4v) is 17.8. The predicted molar refractivity (Wildman–Crippen MR) is 468 cm³/mol. The zero-order valence-electron chi connectivity index (χ0n) is 72.5. The molecule has 2 heterocycles. The highest BCUT2D eigenvalue weighted by molar-refractivity contribution is 8.03. The summed E-state index contributed by atoms with van der Waals surface area (Å²) in [6.45, 7) is 18.8. The van der Waals surface area contributed by atoms with E-state index in [0.717, 1.165) is 74.1 Å². The Kier molecular flexibility index (Phi) is 35.9. The number of nitrogens with zero attached hydrogens (tertiary/aromatic N) is 2. The van der Waals surface area contributed by atoms with Crippen molar-refractivity contribution in [1.82, 2.24) is 53.2 Å². The second-order valence-corrected chi connectivity index (χ2v) is 38.1. The highest BCUT2D eigenvalue weighted by Gasteiger charge is 2.63. The van der Waals surface area contributed by atoms with Gasteiger partial charge in [-0.15, -0.1) is 0 Å². The van der Waals surface area contributed by atoms with E-state index < -0.39 is 168 Å². The van der Waals surface area contributed by atoms with Gasteiger partial charge in [0, 0.05) is 101 Å². The molecule has 0 spiro atoms. The Bertz CT molecular complexity index is 4920. The van der Waals surface area contributed by atoms with Gasteiger partial charge in [-0.2, -0.15) is 4.58 Å². The minimum absolute atomic E-state index is 0.0439. The maximum Gasteiger partial charge on any atom is 0.326 e. The SMILES string of the molecule is CNC(=O)CNC(=O)CNC(=O)C(C)(C(C)(C)C(=O)NCC(=O)NC(Cc1ccccc1)C(=O)NC(CC(C)C)C(=O)NCC(=O)NC(CCCCNC(=O)c1ccc(SC2=C(/C=C/C3=[N+](CCCCS(=O)(=O)[O-])c4ccccc4C3(C)C)CCC/C2=C\C=C2/N(CCCCS(=O)(=O)[O-])c3ccccc3C2(C)C)cc1)C(=O)O)C(C)(C)C(=O)NCC(C)O. The topological polar surface area (TPSA) is 469 Å². The number of carboxylic acids is 1. The Hall–Kier alpha value is -10.4. The van der Waals surface area contributed by atoms with Gasteiger partial charge in [-0.3, -0.25) is 47.9 Å². The number of likely N-dealkylation sites (N-methyl/N-ethyl adjacent to an activating group) is 1. The molecule has 5 unspecified atom stereocenters. The molecule has 123 heavy (non-hydrogen) atoms. The van der Waals surface area contributed by atoms with Crippen molar-refractivity contribution in [3.63, 3.8) is 0 Å². The lowest BCUT2D eigenvalue weighted by molar-refractivity contribution is -0.438. The van der Waals surface area contributed by atoms with Crippen LogP contribution in [0.15, 0.2) is 154 Å². The van der Waals surface area contributed by atoms with Crippen molar-refractivity contribution in [2.24, 2.45) is 22.2 Å². The molecule has 4 aromatic carbocycles. The molecule has 0 fully saturated rings. The van der Waals surface area contributed by atoms with E-state index in [1.807, 2.05) is 48.5 Å². The molecule has 0 saturated heterocycles. The number of thioether (sulfide) groups is 1. The van der Waals surface area contributed by atoms with Crippen molar-refractivity contribution < 1.29 is 93.5 Å². The normalized spacial score (nSPS) is 16.6. The van der Waals surface area contributed by atoms with Gasteiger partial charge in [-0.1, -0.05) is 118 Å². The third kappa shape index (κ3) is 27.6. The molecule has 0 aromatic heterocycles. The van der Waals surface area contributed by atoms with Crippen LogP contribution in [0.5, 0.6) is 0 Å². The Balaban J connectivity index is 0.990. The number of aliphatic hydroxyl groups is 1. The van der Waals surface area contributed by atoms with Crippen LogP contribution < -0.4 is 58.1 Å². The number of aliphatic carboxylic acids is 1. The largest absolute Gasteiger partial charge is 0.748 e. The van der Waals surface area contributed by atoms with Crippen molar-refractivity contribution in [1.29, 1.82) is 0 Å². The van der Waals surface area contributed by atoms with Crippen LogP contribution in [0, 0.1) is 22.2 Å². The molecule has 0 bridgehead atoms. The molecule has 10 amide bonds. The Labute approximate surface area is 726 Å². The Morgan fingerprint density at radius 1 is 0.585 bits per heavy atom. The first-order valence-electron chi connectivity index (χ1n) is 41.5. The van der Waals surface area contributed by atoms with E-state index in [1.54, 1.807) is 68.1 Å². The summed E-state index contributed by atoms with van der Waals surface area (Å²) in [6, 6.07) is 27.9. The van der Waals surface area contributed by atoms with Crippen LogP contribution in [0.2, 0.25) is 0 Å². The van der Waals surface area contributed by atoms with E-state index in [1.165, 1.54) is 48.6 Å². The summed E-state index contributed by atoms with van der Waals surface area (Å²) in [5, 5.41) is 45.6. The molecule has 0 saturated carbocycles. The van der Waals surface area contributed by atoms with Gasteiger partial charge < -0.3 is 77.4 Å². The Morgan fingerprint density at radius 3 is 1.79 bits per heavy atom. The van der Waals surface area contributed by atoms with Gasteiger partial charge in [-0.25, -0.2) is 21.6 Å². The lowest BCUT2D eigenvalue weighted by Crippen LogP contribution is -2.65. The number of aliphatic hydroxyl groups excluding tert-OH is 1.